The third kappa shape index (κ3) is 4.70. The van der Waals surface area contributed by atoms with Gasteiger partial charge in [-0.3, -0.25) is 0 Å². The Morgan fingerprint density at radius 1 is 0.968 bits per heavy atom. The van der Waals surface area contributed by atoms with Crippen LogP contribution in [0.25, 0.3) is 0 Å². The Kier molecular flexibility index (Phi) is 5.58. The Labute approximate surface area is 181 Å². The van der Waals surface area contributed by atoms with Gasteiger partial charge >= 0.3 is 0 Å². The number of benzene rings is 2. The molecule has 7 heteroatoms. The highest BCUT2D eigenvalue weighted by atomic mass is 16.8. The third-order valence-corrected chi connectivity index (χ3v) is 5.55. The van der Waals surface area contributed by atoms with Crippen molar-refractivity contribution in [3.05, 3.63) is 83.7 Å². The summed E-state index contributed by atoms with van der Waals surface area (Å²) in [6.07, 6.45) is 1.45. The molecule has 0 N–H and O–H groups in total. The molecule has 2 saturated heterocycles. The standard InChI is InChI=1S/C24H27N3O4/c1-24(2)30-22-21(28-16-18-11-7-4-8-12-18)20(29-23(22)31-24)15-27-14-19(25-26-27)13-17-9-5-3-6-10-17/h3-12,14,20-23H,13,15-16H2,1-2H3/t20-,21+,22-,23-/m1/s1. The zero-order valence-electron chi connectivity index (χ0n) is 17.8. The van der Waals surface area contributed by atoms with Gasteiger partial charge in [0.25, 0.3) is 0 Å². The second-order valence-electron chi connectivity index (χ2n) is 8.50. The highest BCUT2D eigenvalue weighted by Gasteiger charge is 2.55. The van der Waals surface area contributed by atoms with Crippen LogP contribution >= 0.6 is 0 Å². The zero-order valence-corrected chi connectivity index (χ0v) is 17.8. The van der Waals surface area contributed by atoms with Gasteiger partial charge in [-0.2, -0.15) is 0 Å². The predicted molar refractivity (Wildman–Crippen MR) is 113 cm³/mol. The smallest absolute Gasteiger partial charge is 0.190 e. The van der Waals surface area contributed by atoms with Gasteiger partial charge in [0.1, 0.15) is 18.3 Å². The average Bonchev–Trinajstić information content (AvgIpc) is 3.40. The third-order valence-electron chi connectivity index (χ3n) is 5.55. The van der Waals surface area contributed by atoms with E-state index in [1.54, 1.807) is 0 Å². The maximum atomic E-state index is 6.29. The van der Waals surface area contributed by atoms with Crippen LogP contribution in [0.2, 0.25) is 0 Å². The van der Waals surface area contributed by atoms with Crippen LogP contribution in [0.1, 0.15) is 30.7 Å². The fourth-order valence-corrected chi connectivity index (χ4v) is 4.16. The number of fused-ring (bicyclic) bond motifs is 1. The molecule has 2 aliphatic heterocycles. The number of hydrogen-bond acceptors (Lipinski definition) is 6. The molecular formula is C24H27N3O4. The topological polar surface area (TPSA) is 67.6 Å². The summed E-state index contributed by atoms with van der Waals surface area (Å²) in [5.41, 5.74) is 3.22. The molecule has 0 aliphatic carbocycles. The molecule has 2 aromatic carbocycles. The van der Waals surface area contributed by atoms with Gasteiger partial charge in [0, 0.05) is 12.6 Å². The minimum atomic E-state index is -0.690. The summed E-state index contributed by atoms with van der Waals surface area (Å²) in [5.74, 6) is -0.690. The summed E-state index contributed by atoms with van der Waals surface area (Å²) < 4.78 is 26.3. The average molecular weight is 421 g/mol. The van der Waals surface area contributed by atoms with Gasteiger partial charge in [-0.25, -0.2) is 4.68 Å². The molecule has 162 valence electrons. The molecule has 0 unspecified atom stereocenters. The van der Waals surface area contributed by atoms with Crippen molar-refractivity contribution in [3.63, 3.8) is 0 Å². The number of aromatic nitrogens is 3. The summed E-state index contributed by atoms with van der Waals surface area (Å²) in [7, 11) is 0. The fraction of sp³-hybridized carbons (Fsp3) is 0.417. The van der Waals surface area contributed by atoms with Gasteiger partial charge in [0.05, 0.1) is 18.8 Å². The van der Waals surface area contributed by atoms with Crippen molar-refractivity contribution in [2.75, 3.05) is 0 Å². The van der Waals surface area contributed by atoms with E-state index in [9.17, 15) is 0 Å². The maximum absolute atomic E-state index is 6.29. The van der Waals surface area contributed by atoms with Crippen molar-refractivity contribution in [2.45, 2.75) is 63.8 Å². The lowest BCUT2D eigenvalue weighted by Crippen LogP contribution is -2.38. The quantitative estimate of drug-likeness (QED) is 0.583. The monoisotopic (exact) mass is 421 g/mol. The molecule has 0 amide bonds. The van der Waals surface area contributed by atoms with Crippen LogP contribution in [0.15, 0.2) is 66.9 Å². The molecule has 31 heavy (non-hydrogen) atoms. The minimum Gasteiger partial charge on any atom is -0.368 e. The van der Waals surface area contributed by atoms with E-state index in [0.717, 1.165) is 17.7 Å². The summed E-state index contributed by atoms with van der Waals surface area (Å²) in [4.78, 5) is 0. The molecule has 0 radical (unpaired) electrons. The van der Waals surface area contributed by atoms with E-state index in [0.29, 0.717) is 13.2 Å². The van der Waals surface area contributed by atoms with E-state index in [2.05, 4.69) is 22.4 Å². The second kappa shape index (κ2) is 8.51. The number of rotatable bonds is 7. The van der Waals surface area contributed by atoms with Crippen LogP contribution in [-0.4, -0.2) is 45.4 Å². The summed E-state index contributed by atoms with van der Waals surface area (Å²) in [6, 6.07) is 20.3. The normalized spacial score (nSPS) is 26.8. The van der Waals surface area contributed by atoms with Crippen LogP contribution < -0.4 is 0 Å². The number of ether oxygens (including phenoxy) is 4. The van der Waals surface area contributed by atoms with Crippen molar-refractivity contribution in [1.29, 1.82) is 0 Å². The van der Waals surface area contributed by atoms with Crippen LogP contribution in [-0.2, 0) is 38.5 Å². The van der Waals surface area contributed by atoms with Gasteiger partial charge in [-0.15, -0.1) is 5.10 Å². The molecular weight excluding hydrogens is 394 g/mol. The summed E-state index contributed by atoms with van der Waals surface area (Å²) in [5, 5.41) is 8.62. The van der Waals surface area contributed by atoms with Gasteiger partial charge in [0.15, 0.2) is 12.1 Å². The zero-order chi connectivity index (χ0) is 21.3. The molecule has 0 saturated carbocycles. The first-order valence-electron chi connectivity index (χ1n) is 10.7. The van der Waals surface area contributed by atoms with E-state index < -0.39 is 12.1 Å². The van der Waals surface area contributed by atoms with E-state index in [1.165, 1.54) is 5.56 Å². The summed E-state index contributed by atoms with van der Waals surface area (Å²) >= 11 is 0. The molecule has 0 bridgehead atoms. The lowest BCUT2D eigenvalue weighted by Gasteiger charge is -2.26. The SMILES string of the molecule is CC1(C)O[C@H]2O[C@H](Cn3cc(Cc4ccccc4)nn3)[C@H](OCc3ccccc3)[C@H]2O1. The predicted octanol–water partition coefficient (Wildman–Crippen LogP) is 3.33. The highest BCUT2D eigenvalue weighted by Crippen LogP contribution is 2.39. The lowest BCUT2D eigenvalue weighted by molar-refractivity contribution is -0.220. The van der Waals surface area contributed by atoms with Gasteiger partial charge in [0.2, 0.25) is 0 Å². The van der Waals surface area contributed by atoms with E-state index in [1.807, 2.05) is 73.3 Å². The summed E-state index contributed by atoms with van der Waals surface area (Å²) in [6.45, 7) is 4.78. The first-order chi connectivity index (χ1) is 15.1. The van der Waals surface area contributed by atoms with Crippen molar-refractivity contribution >= 4 is 0 Å². The molecule has 2 fully saturated rings. The first kappa shape index (κ1) is 20.3. The Morgan fingerprint density at radius 3 is 2.42 bits per heavy atom. The maximum Gasteiger partial charge on any atom is 0.190 e. The molecule has 2 aliphatic rings. The van der Waals surface area contributed by atoms with Gasteiger partial charge in [-0.1, -0.05) is 65.9 Å². The largest absolute Gasteiger partial charge is 0.368 e. The minimum absolute atomic E-state index is 0.249. The van der Waals surface area contributed by atoms with Crippen molar-refractivity contribution in [2.24, 2.45) is 0 Å². The molecule has 7 nitrogen and oxygen atoms in total. The van der Waals surface area contributed by atoms with Crippen LogP contribution in [0.3, 0.4) is 0 Å². The second-order valence-corrected chi connectivity index (χ2v) is 8.50. The first-order valence-corrected chi connectivity index (χ1v) is 10.7. The van der Waals surface area contributed by atoms with Gasteiger partial charge in [-0.05, 0) is 25.0 Å². The molecule has 0 spiro atoms. The van der Waals surface area contributed by atoms with Crippen LogP contribution in [0.4, 0.5) is 0 Å². The Hall–Kier alpha value is -2.58. The van der Waals surface area contributed by atoms with Crippen LogP contribution in [0, 0.1) is 0 Å². The van der Waals surface area contributed by atoms with E-state index in [-0.39, 0.29) is 18.3 Å². The van der Waals surface area contributed by atoms with Crippen molar-refractivity contribution in [1.82, 2.24) is 15.0 Å². The molecule has 5 rings (SSSR count). The molecule has 4 atom stereocenters. The van der Waals surface area contributed by atoms with Crippen LogP contribution in [0.5, 0.6) is 0 Å². The van der Waals surface area contributed by atoms with E-state index >= 15 is 0 Å². The fourth-order valence-electron chi connectivity index (χ4n) is 4.16. The molecule has 1 aromatic heterocycles. The lowest BCUT2D eigenvalue weighted by atomic mass is 10.1. The Balaban J connectivity index is 1.28. The van der Waals surface area contributed by atoms with E-state index in [4.69, 9.17) is 18.9 Å². The van der Waals surface area contributed by atoms with Crippen molar-refractivity contribution < 1.29 is 18.9 Å². The Morgan fingerprint density at radius 2 is 1.68 bits per heavy atom. The van der Waals surface area contributed by atoms with Crippen molar-refractivity contribution in [3.8, 4) is 0 Å². The Bertz CT molecular complexity index is 992. The highest BCUT2D eigenvalue weighted by molar-refractivity contribution is 5.20. The van der Waals surface area contributed by atoms with Gasteiger partial charge < -0.3 is 18.9 Å². The number of nitrogens with zero attached hydrogens (tertiary/aromatic N) is 3. The molecule has 3 heterocycles. The molecule has 3 aromatic rings. The number of hydrogen-bond donors (Lipinski definition) is 0.